The lowest BCUT2D eigenvalue weighted by atomic mass is 10.1. The van der Waals surface area contributed by atoms with Gasteiger partial charge in [0.15, 0.2) is 0 Å². The predicted octanol–water partition coefficient (Wildman–Crippen LogP) is 1.78. The summed E-state index contributed by atoms with van der Waals surface area (Å²) in [5.74, 6) is -0.190. The molecule has 3 heteroatoms. The Morgan fingerprint density at radius 3 is 3.07 bits per heavy atom. The Labute approximate surface area is 89.3 Å². The summed E-state index contributed by atoms with van der Waals surface area (Å²) in [6.07, 6.45) is 1.70. The number of aliphatic hydroxyl groups excluding tert-OH is 1. The zero-order valence-corrected chi connectivity index (χ0v) is 8.69. The maximum atomic E-state index is 12.9. The van der Waals surface area contributed by atoms with Crippen molar-refractivity contribution in [2.24, 2.45) is 0 Å². The fraction of sp³-hybridized carbons (Fsp3) is 0.500. The molecule has 0 amide bonds. The number of β-amino-alcohol motifs (C(OH)–C–C–N with tert-alkyl or cyclic N) is 1. The Hall–Kier alpha value is -0.930. The van der Waals surface area contributed by atoms with Crippen LogP contribution in [0.4, 0.5) is 4.39 Å². The molecule has 1 aromatic rings. The van der Waals surface area contributed by atoms with Crippen molar-refractivity contribution < 1.29 is 9.50 Å². The van der Waals surface area contributed by atoms with E-state index >= 15 is 0 Å². The van der Waals surface area contributed by atoms with E-state index in [2.05, 4.69) is 4.90 Å². The number of likely N-dealkylation sites (tertiary alicyclic amines) is 1. The maximum Gasteiger partial charge on any atom is 0.123 e. The van der Waals surface area contributed by atoms with Gasteiger partial charge in [-0.15, -0.1) is 0 Å². The number of nitrogens with zero attached hydrogens (tertiary/aromatic N) is 1. The molecule has 0 radical (unpaired) electrons. The molecule has 0 bridgehead atoms. The van der Waals surface area contributed by atoms with Crippen LogP contribution in [0.1, 0.15) is 18.4 Å². The van der Waals surface area contributed by atoms with Crippen molar-refractivity contribution in [3.05, 3.63) is 35.6 Å². The van der Waals surface area contributed by atoms with Gasteiger partial charge in [0, 0.05) is 13.1 Å². The molecule has 1 heterocycles. The average Bonchev–Trinajstić information content (AvgIpc) is 2.17. The second kappa shape index (κ2) is 4.73. The van der Waals surface area contributed by atoms with Crippen molar-refractivity contribution in [3.8, 4) is 0 Å². The summed E-state index contributed by atoms with van der Waals surface area (Å²) in [6, 6.07) is 6.66. The van der Waals surface area contributed by atoms with Gasteiger partial charge in [-0.25, -0.2) is 4.39 Å². The molecule has 1 N–H and O–H groups in total. The number of aliphatic hydroxyl groups is 1. The zero-order valence-electron chi connectivity index (χ0n) is 8.69. The van der Waals surface area contributed by atoms with Gasteiger partial charge in [0.2, 0.25) is 0 Å². The minimum Gasteiger partial charge on any atom is -0.392 e. The minimum absolute atomic E-state index is 0.190. The molecule has 1 aliphatic heterocycles. The third kappa shape index (κ3) is 3.01. The summed E-state index contributed by atoms with van der Waals surface area (Å²) in [5.41, 5.74) is 0.976. The van der Waals surface area contributed by atoms with Crippen LogP contribution < -0.4 is 0 Å². The van der Waals surface area contributed by atoms with Gasteiger partial charge >= 0.3 is 0 Å². The van der Waals surface area contributed by atoms with Crippen molar-refractivity contribution in [1.82, 2.24) is 4.90 Å². The number of piperidine rings is 1. The first kappa shape index (κ1) is 10.6. The molecule has 1 aliphatic rings. The fourth-order valence-electron chi connectivity index (χ4n) is 2.07. The minimum atomic E-state index is -0.215. The Morgan fingerprint density at radius 1 is 1.47 bits per heavy atom. The number of rotatable bonds is 2. The monoisotopic (exact) mass is 209 g/mol. The smallest absolute Gasteiger partial charge is 0.123 e. The Morgan fingerprint density at radius 2 is 2.33 bits per heavy atom. The second-order valence-electron chi connectivity index (χ2n) is 4.16. The van der Waals surface area contributed by atoms with Crippen LogP contribution in [0, 0.1) is 5.82 Å². The Bertz CT molecular complexity index is 329. The van der Waals surface area contributed by atoms with E-state index in [-0.39, 0.29) is 11.9 Å². The third-order valence-corrected chi connectivity index (χ3v) is 2.78. The molecule has 0 aromatic heterocycles. The number of benzene rings is 1. The highest BCUT2D eigenvalue weighted by Gasteiger charge is 2.17. The Kier molecular flexibility index (Phi) is 3.34. The van der Waals surface area contributed by atoms with E-state index in [0.29, 0.717) is 6.54 Å². The summed E-state index contributed by atoms with van der Waals surface area (Å²) >= 11 is 0. The van der Waals surface area contributed by atoms with Gasteiger partial charge in [0.1, 0.15) is 5.82 Å². The topological polar surface area (TPSA) is 23.5 Å². The molecule has 15 heavy (non-hydrogen) atoms. The van der Waals surface area contributed by atoms with Crippen molar-refractivity contribution in [1.29, 1.82) is 0 Å². The van der Waals surface area contributed by atoms with Crippen LogP contribution >= 0.6 is 0 Å². The highest BCUT2D eigenvalue weighted by atomic mass is 19.1. The molecule has 1 unspecified atom stereocenters. The van der Waals surface area contributed by atoms with E-state index < -0.39 is 0 Å². The van der Waals surface area contributed by atoms with Crippen LogP contribution in [0.2, 0.25) is 0 Å². The first-order valence-corrected chi connectivity index (χ1v) is 5.39. The summed E-state index contributed by atoms with van der Waals surface area (Å²) in [7, 11) is 0. The van der Waals surface area contributed by atoms with Crippen LogP contribution in [-0.4, -0.2) is 29.2 Å². The van der Waals surface area contributed by atoms with Crippen LogP contribution in [0.3, 0.4) is 0 Å². The SMILES string of the molecule is OC1CCCN(Cc2cccc(F)c2)C1. The number of halogens is 1. The van der Waals surface area contributed by atoms with Gasteiger partial charge in [-0.3, -0.25) is 4.90 Å². The molecule has 2 rings (SSSR count). The van der Waals surface area contributed by atoms with Crippen LogP contribution in [0.25, 0.3) is 0 Å². The average molecular weight is 209 g/mol. The van der Waals surface area contributed by atoms with E-state index in [4.69, 9.17) is 0 Å². The normalized spacial score (nSPS) is 22.9. The number of hydrogen-bond donors (Lipinski definition) is 1. The molecule has 2 nitrogen and oxygen atoms in total. The van der Waals surface area contributed by atoms with Crippen molar-refractivity contribution in [3.63, 3.8) is 0 Å². The van der Waals surface area contributed by atoms with E-state index in [0.717, 1.165) is 31.5 Å². The summed E-state index contributed by atoms with van der Waals surface area (Å²) < 4.78 is 12.9. The third-order valence-electron chi connectivity index (χ3n) is 2.78. The van der Waals surface area contributed by atoms with E-state index in [9.17, 15) is 9.50 Å². The van der Waals surface area contributed by atoms with E-state index in [1.54, 1.807) is 12.1 Å². The van der Waals surface area contributed by atoms with Crippen LogP contribution in [-0.2, 0) is 6.54 Å². The zero-order chi connectivity index (χ0) is 10.7. The molecule has 0 saturated carbocycles. The highest BCUT2D eigenvalue weighted by Crippen LogP contribution is 2.14. The second-order valence-corrected chi connectivity index (χ2v) is 4.16. The fourth-order valence-corrected chi connectivity index (χ4v) is 2.07. The maximum absolute atomic E-state index is 12.9. The molecule has 1 fully saturated rings. The largest absolute Gasteiger partial charge is 0.392 e. The van der Waals surface area contributed by atoms with E-state index in [1.165, 1.54) is 6.07 Å². The molecule has 0 aliphatic carbocycles. The molecule has 1 saturated heterocycles. The standard InChI is InChI=1S/C12H16FNO/c13-11-4-1-3-10(7-11)8-14-6-2-5-12(15)9-14/h1,3-4,7,12,15H,2,5-6,8-9H2. The van der Waals surface area contributed by atoms with Gasteiger partial charge in [-0.1, -0.05) is 12.1 Å². The molecular formula is C12H16FNO. The first-order valence-electron chi connectivity index (χ1n) is 5.39. The summed E-state index contributed by atoms with van der Waals surface area (Å²) in [5, 5.41) is 9.50. The van der Waals surface area contributed by atoms with Gasteiger partial charge < -0.3 is 5.11 Å². The van der Waals surface area contributed by atoms with Crippen LogP contribution in [0.5, 0.6) is 0 Å². The number of hydrogen-bond acceptors (Lipinski definition) is 2. The molecule has 1 aromatic carbocycles. The molecular weight excluding hydrogens is 193 g/mol. The van der Waals surface area contributed by atoms with Crippen molar-refractivity contribution >= 4 is 0 Å². The summed E-state index contributed by atoms with van der Waals surface area (Å²) in [6.45, 7) is 2.43. The van der Waals surface area contributed by atoms with Gasteiger partial charge in [-0.05, 0) is 37.1 Å². The molecule has 82 valence electrons. The first-order chi connectivity index (χ1) is 7.24. The van der Waals surface area contributed by atoms with Crippen molar-refractivity contribution in [2.45, 2.75) is 25.5 Å². The van der Waals surface area contributed by atoms with Crippen molar-refractivity contribution in [2.75, 3.05) is 13.1 Å². The summed E-state index contributed by atoms with van der Waals surface area (Å²) in [4.78, 5) is 2.17. The lowest BCUT2D eigenvalue weighted by Crippen LogP contribution is -2.37. The highest BCUT2D eigenvalue weighted by molar-refractivity contribution is 5.16. The molecule has 1 atom stereocenters. The predicted molar refractivity (Wildman–Crippen MR) is 56.9 cm³/mol. The lowest BCUT2D eigenvalue weighted by molar-refractivity contribution is 0.0668. The van der Waals surface area contributed by atoms with Gasteiger partial charge in [-0.2, -0.15) is 0 Å². The molecule has 0 spiro atoms. The van der Waals surface area contributed by atoms with E-state index in [1.807, 2.05) is 6.07 Å². The van der Waals surface area contributed by atoms with Crippen LogP contribution in [0.15, 0.2) is 24.3 Å². The van der Waals surface area contributed by atoms with Gasteiger partial charge in [0.05, 0.1) is 6.10 Å². The quantitative estimate of drug-likeness (QED) is 0.802. The van der Waals surface area contributed by atoms with Gasteiger partial charge in [0.25, 0.3) is 0 Å². The Balaban J connectivity index is 1.96. The lowest BCUT2D eigenvalue weighted by Gasteiger charge is -2.29.